The van der Waals surface area contributed by atoms with Gasteiger partial charge in [-0.25, -0.2) is 4.79 Å². The Morgan fingerprint density at radius 3 is 2.72 bits per heavy atom. The van der Waals surface area contributed by atoms with E-state index in [9.17, 15) is 9.59 Å². The van der Waals surface area contributed by atoms with Gasteiger partial charge in [0, 0.05) is 45.6 Å². The van der Waals surface area contributed by atoms with Crippen molar-refractivity contribution < 1.29 is 18.7 Å². The lowest BCUT2D eigenvalue weighted by molar-refractivity contribution is -0.139. The number of hydrogen-bond donors (Lipinski definition) is 1. The summed E-state index contributed by atoms with van der Waals surface area (Å²) in [6.45, 7) is 7.03. The van der Waals surface area contributed by atoms with Crippen molar-refractivity contribution in [3.05, 3.63) is 47.7 Å². The predicted molar refractivity (Wildman–Crippen MR) is 117 cm³/mol. The summed E-state index contributed by atoms with van der Waals surface area (Å²) in [6.07, 6.45) is 1.55. The van der Waals surface area contributed by atoms with Crippen LogP contribution in [0.15, 0.2) is 34.7 Å². The van der Waals surface area contributed by atoms with Crippen molar-refractivity contribution in [3.63, 3.8) is 0 Å². The van der Waals surface area contributed by atoms with Crippen LogP contribution in [0.1, 0.15) is 37.1 Å². The lowest BCUT2D eigenvalue weighted by Crippen LogP contribution is -2.52. The number of hydrogen-bond acceptors (Lipinski definition) is 6. The highest BCUT2D eigenvalue weighted by Gasteiger charge is 2.55. The second-order valence-electron chi connectivity index (χ2n) is 8.66. The third kappa shape index (κ3) is 4.62. The molecule has 4 rings (SSSR count). The Bertz CT molecular complexity index is 933. The molecule has 2 aliphatic heterocycles. The third-order valence-electron chi connectivity index (χ3n) is 6.42. The Kier molecular flexibility index (Phi) is 6.74. The van der Waals surface area contributed by atoms with Crippen LogP contribution in [0.5, 0.6) is 0 Å². The van der Waals surface area contributed by atoms with Crippen molar-refractivity contribution in [3.8, 4) is 0 Å². The van der Waals surface area contributed by atoms with Gasteiger partial charge in [-0.05, 0) is 18.4 Å². The van der Waals surface area contributed by atoms with Crippen LogP contribution in [-0.2, 0) is 21.6 Å². The molecule has 172 valence electrons. The quantitative estimate of drug-likeness (QED) is 0.706. The van der Waals surface area contributed by atoms with Crippen LogP contribution in [-0.4, -0.2) is 71.3 Å². The summed E-state index contributed by atoms with van der Waals surface area (Å²) in [5.41, 5.74) is 0.612. The summed E-state index contributed by atoms with van der Waals surface area (Å²) in [7, 11) is 0. The molecule has 2 aliphatic rings. The summed E-state index contributed by atoms with van der Waals surface area (Å²) < 4.78 is 11.5. The van der Waals surface area contributed by atoms with E-state index in [0.29, 0.717) is 57.5 Å². The number of aryl methyl sites for hydroxylation is 1. The largest absolute Gasteiger partial charge is 0.425 e. The first-order valence-electron chi connectivity index (χ1n) is 11.2. The number of benzene rings is 1. The van der Waals surface area contributed by atoms with Crippen molar-refractivity contribution >= 4 is 11.9 Å². The fourth-order valence-corrected chi connectivity index (χ4v) is 4.68. The molecule has 0 spiro atoms. The second-order valence-corrected chi connectivity index (χ2v) is 8.66. The lowest BCUT2D eigenvalue weighted by atomic mass is 9.72. The van der Waals surface area contributed by atoms with Crippen molar-refractivity contribution in [2.24, 2.45) is 5.92 Å². The number of ether oxygens (including phenoxy) is 1. The molecule has 3 heterocycles. The van der Waals surface area contributed by atoms with Crippen molar-refractivity contribution in [1.29, 1.82) is 0 Å². The molecule has 9 heteroatoms. The van der Waals surface area contributed by atoms with Gasteiger partial charge in [0.2, 0.25) is 17.7 Å². The molecular formula is C23H31N5O4. The number of nitrogens with one attached hydrogen (secondary N) is 1. The number of urea groups is 1. The van der Waals surface area contributed by atoms with Crippen LogP contribution in [0.3, 0.4) is 0 Å². The molecule has 0 aliphatic carbocycles. The van der Waals surface area contributed by atoms with E-state index in [1.807, 2.05) is 47.1 Å². The van der Waals surface area contributed by atoms with Crippen molar-refractivity contribution in [2.45, 2.75) is 38.7 Å². The molecule has 0 saturated carbocycles. The van der Waals surface area contributed by atoms with E-state index in [2.05, 4.69) is 15.5 Å². The van der Waals surface area contributed by atoms with Gasteiger partial charge >= 0.3 is 6.03 Å². The van der Waals surface area contributed by atoms with E-state index < -0.39 is 5.41 Å². The Morgan fingerprint density at radius 2 is 2.00 bits per heavy atom. The fourth-order valence-electron chi connectivity index (χ4n) is 4.68. The van der Waals surface area contributed by atoms with E-state index in [1.54, 1.807) is 6.92 Å². The topological polar surface area (TPSA) is 101 Å². The van der Waals surface area contributed by atoms with E-state index in [0.717, 1.165) is 12.0 Å². The average Bonchev–Trinajstić information content (AvgIpc) is 3.42. The van der Waals surface area contributed by atoms with E-state index >= 15 is 0 Å². The number of aromatic nitrogens is 2. The zero-order chi connectivity index (χ0) is 22.6. The van der Waals surface area contributed by atoms with Gasteiger partial charge < -0.3 is 24.3 Å². The molecule has 2 aromatic rings. The number of piperidine rings is 1. The summed E-state index contributed by atoms with van der Waals surface area (Å²) in [4.78, 5) is 29.2. The van der Waals surface area contributed by atoms with Gasteiger partial charge in [0.25, 0.3) is 0 Å². The first-order chi connectivity index (χ1) is 15.5. The number of carbonyl (C=O) groups excluding carboxylic acids is 2. The lowest BCUT2D eigenvalue weighted by Gasteiger charge is -2.41. The Hall–Kier alpha value is -2.94. The number of rotatable bonds is 7. The van der Waals surface area contributed by atoms with Gasteiger partial charge in [-0.3, -0.25) is 4.79 Å². The Morgan fingerprint density at radius 1 is 1.22 bits per heavy atom. The van der Waals surface area contributed by atoms with Gasteiger partial charge in [-0.1, -0.05) is 37.3 Å². The zero-order valence-electron chi connectivity index (χ0n) is 18.7. The smallest absolute Gasteiger partial charge is 0.317 e. The fraction of sp³-hybridized carbons (Fsp3) is 0.565. The molecular weight excluding hydrogens is 410 g/mol. The first-order valence-corrected chi connectivity index (χ1v) is 11.2. The van der Waals surface area contributed by atoms with Crippen LogP contribution in [0.4, 0.5) is 4.79 Å². The van der Waals surface area contributed by atoms with Gasteiger partial charge in [0.05, 0.1) is 12.0 Å². The van der Waals surface area contributed by atoms with Crippen LogP contribution >= 0.6 is 0 Å². The minimum Gasteiger partial charge on any atom is -0.425 e. The Labute approximate surface area is 188 Å². The van der Waals surface area contributed by atoms with Crippen molar-refractivity contribution in [2.75, 3.05) is 39.3 Å². The molecule has 2 atom stereocenters. The van der Waals surface area contributed by atoms with Crippen LogP contribution in [0, 0.1) is 12.8 Å². The van der Waals surface area contributed by atoms with Gasteiger partial charge in [-0.2, -0.15) is 0 Å². The molecule has 0 radical (unpaired) electrons. The zero-order valence-corrected chi connectivity index (χ0v) is 18.7. The molecule has 2 saturated heterocycles. The second kappa shape index (κ2) is 9.68. The molecule has 1 aromatic carbocycles. The number of amides is 3. The number of likely N-dealkylation sites (tertiary alicyclic amines) is 2. The summed E-state index contributed by atoms with van der Waals surface area (Å²) in [6, 6.07) is 9.72. The molecule has 0 unspecified atom stereocenters. The normalized spacial score (nSPS) is 22.6. The van der Waals surface area contributed by atoms with Crippen molar-refractivity contribution in [1.82, 2.24) is 25.3 Å². The maximum absolute atomic E-state index is 12.8. The number of nitrogens with zero attached hydrogens (tertiary/aromatic N) is 4. The highest BCUT2D eigenvalue weighted by atomic mass is 16.5. The Balaban J connectivity index is 1.42. The minimum absolute atomic E-state index is 0.0292. The molecule has 1 N–H and O–H groups in total. The molecule has 2 fully saturated rings. The summed E-state index contributed by atoms with van der Waals surface area (Å²) in [5, 5.41) is 11.3. The molecule has 9 nitrogen and oxygen atoms in total. The monoisotopic (exact) mass is 441 g/mol. The van der Waals surface area contributed by atoms with E-state index in [1.165, 1.54) is 0 Å². The summed E-state index contributed by atoms with van der Waals surface area (Å²) in [5.74, 6) is 1.07. The predicted octanol–water partition coefficient (Wildman–Crippen LogP) is 2.12. The van der Waals surface area contributed by atoms with Crippen LogP contribution in [0.25, 0.3) is 0 Å². The molecule has 32 heavy (non-hydrogen) atoms. The maximum atomic E-state index is 12.8. The molecule has 3 amide bonds. The molecule has 0 bridgehead atoms. The highest BCUT2D eigenvalue weighted by Crippen LogP contribution is 2.44. The van der Waals surface area contributed by atoms with E-state index in [4.69, 9.17) is 9.15 Å². The minimum atomic E-state index is -0.424. The standard InChI is InChI=1S/C23H31N5O4/c1-3-10-24-22(30)28-13-19-12-27(20(29)15-31-14-18-7-5-4-6-8-18)11-9-23(19,16-28)21-26-25-17(2)32-21/h4-8,19H,3,9-16H2,1-2H3,(H,24,30)/t19-,23-/m0/s1. The maximum Gasteiger partial charge on any atom is 0.317 e. The number of fused-ring (bicyclic) bond motifs is 1. The first kappa shape index (κ1) is 22.3. The molecule has 1 aromatic heterocycles. The van der Waals surface area contributed by atoms with Gasteiger partial charge in [-0.15, -0.1) is 10.2 Å². The van der Waals surface area contributed by atoms with Crippen LogP contribution < -0.4 is 5.32 Å². The SMILES string of the molecule is CCCNC(=O)N1C[C@@H]2CN(C(=O)COCc3ccccc3)CC[C@]2(c2nnc(C)o2)C1. The number of carbonyl (C=O) groups is 2. The third-order valence-corrected chi connectivity index (χ3v) is 6.42. The van der Waals surface area contributed by atoms with E-state index in [-0.39, 0.29) is 24.5 Å². The highest BCUT2D eigenvalue weighted by molar-refractivity contribution is 5.78. The summed E-state index contributed by atoms with van der Waals surface area (Å²) >= 11 is 0. The average molecular weight is 442 g/mol. The van der Waals surface area contributed by atoms with Gasteiger partial charge in [0.15, 0.2) is 0 Å². The van der Waals surface area contributed by atoms with Gasteiger partial charge in [0.1, 0.15) is 6.61 Å². The van der Waals surface area contributed by atoms with Crippen LogP contribution in [0.2, 0.25) is 0 Å².